The number of hydrogen-bond donors (Lipinski definition) is 1. The van der Waals surface area contributed by atoms with Crippen LogP contribution in [0.1, 0.15) is 18.4 Å². The molecule has 92 valence electrons. The Morgan fingerprint density at radius 2 is 2.24 bits per heavy atom. The molecule has 1 unspecified atom stereocenters. The van der Waals surface area contributed by atoms with Gasteiger partial charge in [-0.3, -0.25) is 4.79 Å². The molecule has 0 heterocycles. The molecule has 2 rings (SSSR count). The summed E-state index contributed by atoms with van der Waals surface area (Å²) in [6.45, 7) is 0.734. The van der Waals surface area contributed by atoms with Gasteiger partial charge in [0.25, 0.3) is 0 Å². The Morgan fingerprint density at radius 3 is 2.88 bits per heavy atom. The summed E-state index contributed by atoms with van der Waals surface area (Å²) in [4.78, 5) is 12.2. The van der Waals surface area contributed by atoms with Crippen LogP contribution in [0.4, 0.5) is 0 Å². The number of alkyl halides is 1. The van der Waals surface area contributed by atoms with Crippen molar-refractivity contribution in [2.45, 2.75) is 24.1 Å². The third kappa shape index (κ3) is 4.43. The molecule has 0 radical (unpaired) electrons. The van der Waals surface area contributed by atoms with E-state index in [1.807, 2.05) is 24.3 Å². The van der Waals surface area contributed by atoms with Crippen molar-refractivity contribution < 1.29 is 4.79 Å². The lowest BCUT2D eigenvalue weighted by Gasteiger charge is -2.10. The SMILES string of the molecule is O=C(Cc1cccc(Br)c1)NCC(Br)C1CC1. The molecule has 1 atom stereocenters. The fraction of sp³-hybridized carbons (Fsp3) is 0.462. The Morgan fingerprint density at radius 1 is 1.47 bits per heavy atom. The van der Waals surface area contributed by atoms with E-state index < -0.39 is 0 Å². The molecule has 0 aliphatic heterocycles. The van der Waals surface area contributed by atoms with Crippen molar-refractivity contribution in [2.75, 3.05) is 6.54 Å². The highest BCUT2D eigenvalue weighted by atomic mass is 79.9. The molecule has 1 aromatic rings. The number of halogens is 2. The topological polar surface area (TPSA) is 29.1 Å². The van der Waals surface area contributed by atoms with E-state index in [9.17, 15) is 4.79 Å². The third-order valence-electron chi connectivity index (χ3n) is 2.88. The van der Waals surface area contributed by atoms with Crippen LogP contribution in [0.3, 0.4) is 0 Å². The second-order valence-electron chi connectivity index (χ2n) is 4.46. The van der Waals surface area contributed by atoms with E-state index in [-0.39, 0.29) is 5.91 Å². The van der Waals surface area contributed by atoms with Crippen LogP contribution in [-0.2, 0) is 11.2 Å². The van der Waals surface area contributed by atoms with Gasteiger partial charge in [0, 0.05) is 15.8 Å². The van der Waals surface area contributed by atoms with Crippen LogP contribution in [0.25, 0.3) is 0 Å². The number of nitrogens with one attached hydrogen (secondary N) is 1. The minimum atomic E-state index is 0.0909. The van der Waals surface area contributed by atoms with Crippen LogP contribution in [0.2, 0.25) is 0 Å². The first kappa shape index (κ1) is 13.1. The lowest BCUT2D eigenvalue weighted by atomic mass is 10.1. The molecule has 1 aliphatic carbocycles. The standard InChI is InChI=1S/C13H15Br2NO/c14-11-3-1-2-9(6-11)7-13(17)16-8-12(15)10-4-5-10/h1-3,6,10,12H,4-5,7-8H2,(H,16,17). The van der Waals surface area contributed by atoms with Gasteiger partial charge in [0.2, 0.25) is 5.91 Å². The number of carbonyl (C=O) groups excluding carboxylic acids is 1. The van der Waals surface area contributed by atoms with Crippen molar-refractivity contribution in [2.24, 2.45) is 5.92 Å². The van der Waals surface area contributed by atoms with Crippen molar-refractivity contribution in [1.29, 1.82) is 0 Å². The van der Waals surface area contributed by atoms with Gasteiger partial charge in [-0.2, -0.15) is 0 Å². The molecule has 1 aliphatic rings. The Hall–Kier alpha value is -0.350. The third-order valence-corrected chi connectivity index (χ3v) is 4.45. The van der Waals surface area contributed by atoms with Crippen molar-refractivity contribution in [3.63, 3.8) is 0 Å². The molecule has 4 heteroatoms. The van der Waals surface area contributed by atoms with Gasteiger partial charge in [0.1, 0.15) is 0 Å². The largest absolute Gasteiger partial charge is 0.355 e. The molecule has 1 aromatic carbocycles. The predicted molar refractivity (Wildman–Crippen MR) is 76.3 cm³/mol. The van der Waals surface area contributed by atoms with Gasteiger partial charge in [-0.25, -0.2) is 0 Å². The maximum absolute atomic E-state index is 11.7. The normalized spacial score (nSPS) is 16.6. The molecule has 17 heavy (non-hydrogen) atoms. The predicted octanol–water partition coefficient (Wildman–Crippen LogP) is 3.28. The Kier molecular flexibility index (Phi) is 4.62. The minimum Gasteiger partial charge on any atom is -0.355 e. The molecular formula is C13H15Br2NO. The van der Waals surface area contributed by atoms with Crippen LogP contribution in [0.15, 0.2) is 28.7 Å². The Bertz CT molecular complexity index is 404. The molecule has 1 saturated carbocycles. The Balaban J connectivity index is 1.76. The van der Waals surface area contributed by atoms with Crippen LogP contribution in [0.5, 0.6) is 0 Å². The number of rotatable bonds is 5. The molecule has 1 amide bonds. The van der Waals surface area contributed by atoms with Crippen molar-refractivity contribution >= 4 is 37.8 Å². The molecule has 0 spiro atoms. The van der Waals surface area contributed by atoms with Gasteiger partial charge in [-0.1, -0.05) is 44.0 Å². The lowest BCUT2D eigenvalue weighted by Crippen LogP contribution is -2.31. The van der Waals surface area contributed by atoms with E-state index >= 15 is 0 Å². The summed E-state index contributed by atoms with van der Waals surface area (Å²) in [5, 5.41) is 2.97. The van der Waals surface area contributed by atoms with E-state index in [1.54, 1.807) is 0 Å². The fourth-order valence-electron chi connectivity index (χ4n) is 1.73. The summed E-state index contributed by atoms with van der Waals surface area (Å²) in [6.07, 6.45) is 3.03. The van der Waals surface area contributed by atoms with Crippen molar-refractivity contribution in [3.8, 4) is 0 Å². The smallest absolute Gasteiger partial charge is 0.224 e. The van der Waals surface area contributed by atoms with E-state index in [4.69, 9.17) is 0 Å². The second-order valence-corrected chi connectivity index (χ2v) is 6.56. The van der Waals surface area contributed by atoms with Gasteiger partial charge in [0.15, 0.2) is 0 Å². The van der Waals surface area contributed by atoms with Gasteiger partial charge >= 0.3 is 0 Å². The van der Waals surface area contributed by atoms with E-state index in [1.165, 1.54) is 12.8 Å². The minimum absolute atomic E-state index is 0.0909. The molecule has 1 fully saturated rings. The monoisotopic (exact) mass is 359 g/mol. The molecular weight excluding hydrogens is 346 g/mol. The van der Waals surface area contributed by atoms with Crippen LogP contribution in [0, 0.1) is 5.92 Å². The first-order chi connectivity index (χ1) is 8.15. The molecule has 0 saturated heterocycles. The summed E-state index contributed by atoms with van der Waals surface area (Å²) in [6, 6.07) is 7.86. The highest BCUT2D eigenvalue weighted by molar-refractivity contribution is 9.10. The van der Waals surface area contributed by atoms with Gasteiger partial charge in [-0.05, 0) is 36.5 Å². The summed E-state index contributed by atoms with van der Waals surface area (Å²) >= 11 is 7.01. The zero-order chi connectivity index (χ0) is 12.3. The molecule has 0 bridgehead atoms. The number of amides is 1. The summed E-state index contributed by atoms with van der Waals surface area (Å²) < 4.78 is 1.01. The first-order valence-corrected chi connectivity index (χ1v) is 7.51. The number of hydrogen-bond acceptors (Lipinski definition) is 1. The van der Waals surface area contributed by atoms with E-state index in [0.29, 0.717) is 11.2 Å². The second kappa shape index (κ2) is 6.01. The number of carbonyl (C=O) groups is 1. The van der Waals surface area contributed by atoms with Crippen molar-refractivity contribution in [3.05, 3.63) is 34.3 Å². The van der Waals surface area contributed by atoms with Gasteiger partial charge in [-0.15, -0.1) is 0 Å². The zero-order valence-electron chi connectivity index (χ0n) is 9.46. The average Bonchev–Trinajstić information content (AvgIpc) is 3.09. The molecule has 2 nitrogen and oxygen atoms in total. The fourth-order valence-corrected chi connectivity index (χ4v) is 2.87. The highest BCUT2D eigenvalue weighted by Gasteiger charge is 2.29. The van der Waals surface area contributed by atoms with E-state index in [0.717, 1.165) is 22.5 Å². The summed E-state index contributed by atoms with van der Waals surface area (Å²) in [7, 11) is 0. The Labute approximate surface area is 118 Å². The zero-order valence-corrected chi connectivity index (χ0v) is 12.6. The summed E-state index contributed by atoms with van der Waals surface area (Å²) in [5.41, 5.74) is 1.04. The van der Waals surface area contributed by atoms with Crippen molar-refractivity contribution in [1.82, 2.24) is 5.32 Å². The van der Waals surface area contributed by atoms with Crippen LogP contribution >= 0.6 is 31.9 Å². The number of benzene rings is 1. The average molecular weight is 361 g/mol. The van der Waals surface area contributed by atoms with Gasteiger partial charge in [0.05, 0.1) is 6.42 Å². The lowest BCUT2D eigenvalue weighted by molar-refractivity contribution is -0.120. The van der Waals surface area contributed by atoms with Gasteiger partial charge < -0.3 is 5.32 Å². The molecule has 1 N–H and O–H groups in total. The summed E-state index contributed by atoms with van der Waals surface area (Å²) in [5.74, 6) is 0.856. The van der Waals surface area contributed by atoms with Crippen LogP contribution in [-0.4, -0.2) is 17.3 Å². The van der Waals surface area contributed by atoms with Crippen LogP contribution < -0.4 is 5.32 Å². The molecule has 0 aromatic heterocycles. The maximum Gasteiger partial charge on any atom is 0.224 e. The first-order valence-electron chi connectivity index (χ1n) is 5.80. The quantitative estimate of drug-likeness (QED) is 0.802. The maximum atomic E-state index is 11.7. The highest BCUT2D eigenvalue weighted by Crippen LogP contribution is 2.36. The van der Waals surface area contributed by atoms with E-state index in [2.05, 4.69) is 37.2 Å².